The van der Waals surface area contributed by atoms with Crippen LogP contribution < -0.4 is 14.8 Å². The number of carbonyl (C=O) groups is 1. The Morgan fingerprint density at radius 3 is 2.61 bits per heavy atom. The van der Waals surface area contributed by atoms with Gasteiger partial charge in [0.1, 0.15) is 11.5 Å². The van der Waals surface area contributed by atoms with Crippen molar-refractivity contribution in [3.05, 3.63) is 59.7 Å². The zero-order chi connectivity index (χ0) is 23.1. The molecule has 1 heterocycles. The summed E-state index contributed by atoms with van der Waals surface area (Å²) in [5.41, 5.74) is 2.59. The third-order valence-corrected chi connectivity index (χ3v) is 6.90. The molecule has 1 saturated heterocycles. The maximum atomic E-state index is 12.0. The van der Waals surface area contributed by atoms with Gasteiger partial charge in [-0.15, -0.1) is 0 Å². The van der Waals surface area contributed by atoms with Crippen molar-refractivity contribution in [2.45, 2.75) is 50.8 Å². The highest BCUT2D eigenvalue weighted by atomic mass is 32.2. The topological polar surface area (TPSA) is 50.8 Å². The van der Waals surface area contributed by atoms with E-state index in [0.29, 0.717) is 19.6 Å². The highest BCUT2D eigenvalue weighted by Crippen LogP contribution is 2.18. The number of carbonyl (C=O) groups excluding carboxylic acids is 1. The van der Waals surface area contributed by atoms with Gasteiger partial charge in [0.05, 0.1) is 13.7 Å². The maximum Gasteiger partial charge on any atom is 0.220 e. The van der Waals surface area contributed by atoms with Crippen molar-refractivity contribution in [2.24, 2.45) is 0 Å². The monoisotopic (exact) mass is 470 g/mol. The first-order valence-electron chi connectivity index (χ1n) is 12.1. The number of rotatable bonds is 14. The van der Waals surface area contributed by atoms with E-state index in [1.54, 1.807) is 7.11 Å². The number of likely N-dealkylation sites (tertiary alicyclic amines) is 1. The van der Waals surface area contributed by atoms with E-state index in [0.717, 1.165) is 42.4 Å². The number of thioether (sulfide) groups is 1. The van der Waals surface area contributed by atoms with E-state index < -0.39 is 0 Å². The summed E-state index contributed by atoms with van der Waals surface area (Å²) in [4.78, 5) is 14.6. The average Bonchev–Trinajstić information content (AvgIpc) is 2.85. The Labute approximate surface area is 203 Å². The number of ether oxygens (including phenoxy) is 2. The predicted molar refractivity (Wildman–Crippen MR) is 137 cm³/mol. The summed E-state index contributed by atoms with van der Waals surface area (Å²) >= 11 is 1.86. The molecule has 1 fully saturated rings. The van der Waals surface area contributed by atoms with E-state index in [2.05, 4.69) is 40.5 Å². The Bertz CT molecular complexity index is 822. The third kappa shape index (κ3) is 10.1. The molecule has 2 aromatic rings. The molecule has 0 unspecified atom stereocenters. The number of amides is 1. The molecule has 0 aromatic heterocycles. The molecule has 1 aliphatic heterocycles. The molecular weight excluding hydrogens is 432 g/mol. The van der Waals surface area contributed by atoms with Crippen molar-refractivity contribution >= 4 is 17.7 Å². The number of benzene rings is 2. The molecule has 0 atom stereocenters. The van der Waals surface area contributed by atoms with Crippen molar-refractivity contribution in [3.63, 3.8) is 0 Å². The fourth-order valence-corrected chi connectivity index (χ4v) is 4.86. The summed E-state index contributed by atoms with van der Waals surface area (Å²) in [6, 6.07) is 16.6. The lowest BCUT2D eigenvalue weighted by molar-refractivity contribution is -0.121. The molecule has 2 aromatic carbocycles. The number of methoxy groups -OCH3 is 1. The van der Waals surface area contributed by atoms with Gasteiger partial charge in [0.15, 0.2) is 0 Å². The van der Waals surface area contributed by atoms with Gasteiger partial charge >= 0.3 is 0 Å². The molecule has 3 rings (SSSR count). The number of nitrogens with one attached hydrogen (secondary N) is 1. The predicted octanol–water partition coefficient (Wildman–Crippen LogP) is 5.28. The minimum absolute atomic E-state index is 0.128. The fraction of sp³-hybridized carbons (Fsp3) is 0.519. The molecule has 0 bridgehead atoms. The highest BCUT2D eigenvalue weighted by molar-refractivity contribution is 7.98. The van der Waals surface area contributed by atoms with Crippen LogP contribution in [0.25, 0.3) is 0 Å². The molecule has 1 aliphatic rings. The molecular formula is C27H38N2O3S. The standard InChI is InChI=1S/C27H38N2O3S/c1-31-25-13-11-23(12-14-25)22-33-19-6-10-27(30)28-15-7-18-32-26-9-5-8-24(20-26)21-29-16-3-2-4-17-29/h5,8-9,11-14,20H,2-4,6-7,10,15-19,21-22H2,1H3,(H,28,30). The van der Waals surface area contributed by atoms with Crippen LogP contribution in [0.5, 0.6) is 11.5 Å². The molecule has 0 aliphatic carbocycles. The van der Waals surface area contributed by atoms with E-state index in [-0.39, 0.29) is 5.91 Å². The Kier molecular flexibility index (Phi) is 11.5. The Morgan fingerprint density at radius 2 is 1.82 bits per heavy atom. The normalized spacial score (nSPS) is 14.1. The molecule has 6 heteroatoms. The van der Waals surface area contributed by atoms with Gasteiger partial charge in [-0.05, 0) is 79.9 Å². The molecule has 0 radical (unpaired) electrons. The summed E-state index contributed by atoms with van der Waals surface area (Å²) in [6.45, 7) is 4.68. The molecule has 33 heavy (non-hydrogen) atoms. The van der Waals surface area contributed by atoms with Crippen LogP contribution >= 0.6 is 11.8 Å². The van der Waals surface area contributed by atoms with Gasteiger partial charge in [-0.1, -0.05) is 30.7 Å². The second-order valence-electron chi connectivity index (χ2n) is 8.54. The first kappa shape index (κ1) is 25.4. The smallest absolute Gasteiger partial charge is 0.220 e. The molecule has 180 valence electrons. The molecule has 0 spiro atoms. The number of piperidine rings is 1. The summed E-state index contributed by atoms with van der Waals surface area (Å²) in [5.74, 6) is 3.87. The van der Waals surface area contributed by atoms with Crippen LogP contribution in [-0.4, -0.2) is 49.9 Å². The lowest BCUT2D eigenvalue weighted by Gasteiger charge is -2.26. The Morgan fingerprint density at radius 1 is 1.00 bits per heavy atom. The first-order chi connectivity index (χ1) is 16.2. The van der Waals surface area contributed by atoms with Crippen LogP contribution in [0.3, 0.4) is 0 Å². The van der Waals surface area contributed by atoms with Crippen molar-refractivity contribution in [3.8, 4) is 11.5 Å². The van der Waals surface area contributed by atoms with Gasteiger partial charge in [0, 0.05) is 25.3 Å². The van der Waals surface area contributed by atoms with Gasteiger partial charge in [-0.2, -0.15) is 11.8 Å². The van der Waals surface area contributed by atoms with Gasteiger partial charge in [0.25, 0.3) is 0 Å². The van der Waals surface area contributed by atoms with Crippen LogP contribution in [0, 0.1) is 0 Å². The van der Waals surface area contributed by atoms with E-state index in [9.17, 15) is 4.79 Å². The maximum absolute atomic E-state index is 12.0. The quantitative estimate of drug-likeness (QED) is 0.381. The Hall–Kier alpha value is -2.18. The van der Waals surface area contributed by atoms with E-state index >= 15 is 0 Å². The molecule has 1 N–H and O–H groups in total. The van der Waals surface area contributed by atoms with Crippen LogP contribution in [0.4, 0.5) is 0 Å². The van der Waals surface area contributed by atoms with Crippen molar-refractivity contribution in [1.29, 1.82) is 0 Å². The largest absolute Gasteiger partial charge is 0.497 e. The van der Waals surface area contributed by atoms with Gasteiger partial charge < -0.3 is 14.8 Å². The van der Waals surface area contributed by atoms with E-state index in [4.69, 9.17) is 9.47 Å². The van der Waals surface area contributed by atoms with Crippen molar-refractivity contribution < 1.29 is 14.3 Å². The Balaban J connectivity index is 1.20. The molecule has 0 saturated carbocycles. The zero-order valence-electron chi connectivity index (χ0n) is 19.9. The second kappa shape index (κ2) is 14.9. The van der Waals surface area contributed by atoms with Gasteiger partial charge in [-0.3, -0.25) is 9.69 Å². The minimum Gasteiger partial charge on any atom is -0.497 e. The van der Waals surface area contributed by atoms with E-state index in [1.165, 1.54) is 43.5 Å². The zero-order valence-corrected chi connectivity index (χ0v) is 20.7. The van der Waals surface area contributed by atoms with Gasteiger partial charge in [-0.25, -0.2) is 0 Å². The first-order valence-corrected chi connectivity index (χ1v) is 13.3. The molecule has 1 amide bonds. The number of hydrogen-bond donors (Lipinski definition) is 1. The third-order valence-electron chi connectivity index (χ3n) is 5.79. The van der Waals surface area contributed by atoms with Crippen LogP contribution in [0.1, 0.15) is 49.7 Å². The van der Waals surface area contributed by atoms with Crippen molar-refractivity contribution in [2.75, 3.05) is 39.1 Å². The van der Waals surface area contributed by atoms with Crippen molar-refractivity contribution in [1.82, 2.24) is 10.2 Å². The lowest BCUT2D eigenvalue weighted by Crippen LogP contribution is -2.29. The minimum atomic E-state index is 0.128. The fourth-order valence-electron chi connectivity index (χ4n) is 3.93. The number of nitrogens with zero attached hydrogens (tertiary/aromatic N) is 1. The SMILES string of the molecule is COc1ccc(CSCCCC(=O)NCCCOc2cccc(CN3CCCCC3)c2)cc1. The van der Waals surface area contributed by atoms with Crippen LogP contribution in [-0.2, 0) is 17.1 Å². The summed E-state index contributed by atoms with van der Waals surface area (Å²) in [5, 5.41) is 3.01. The van der Waals surface area contributed by atoms with Crippen LogP contribution in [0.15, 0.2) is 48.5 Å². The highest BCUT2D eigenvalue weighted by Gasteiger charge is 2.10. The average molecular weight is 471 g/mol. The van der Waals surface area contributed by atoms with Crippen LogP contribution in [0.2, 0.25) is 0 Å². The molecule has 5 nitrogen and oxygen atoms in total. The summed E-state index contributed by atoms with van der Waals surface area (Å²) in [7, 11) is 1.68. The lowest BCUT2D eigenvalue weighted by atomic mass is 10.1. The van der Waals surface area contributed by atoms with Gasteiger partial charge in [0.2, 0.25) is 5.91 Å². The number of hydrogen-bond acceptors (Lipinski definition) is 5. The summed E-state index contributed by atoms with van der Waals surface area (Å²) < 4.78 is 11.1. The summed E-state index contributed by atoms with van der Waals surface area (Å²) in [6.07, 6.45) is 6.27. The van der Waals surface area contributed by atoms with E-state index in [1.807, 2.05) is 30.0 Å². The second-order valence-corrected chi connectivity index (χ2v) is 9.65.